The van der Waals surface area contributed by atoms with E-state index < -0.39 is 5.82 Å². The molecule has 0 radical (unpaired) electrons. The molecule has 1 aliphatic rings. The van der Waals surface area contributed by atoms with Crippen molar-refractivity contribution in [1.82, 2.24) is 9.80 Å². The van der Waals surface area contributed by atoms with Crippen molar-refractivity contribution >= 4 is 11.8 Å². The van der Waals surface area contributed by atoms with Crippen molar-refractivity contribution in [1.29, 1.82) is 0 Å². The molecule has 2 aromatic carbocycles. The summed E-state index contributed by atoms with van der Waals surface area (Å²) in [5.41, 5.74) is 2.23. The zero-order chi connectivity index (χ0) is 19.6. The number of hydrogen-bond acceptors (Lipinski definition) is 2. The highest BCUT2D eigenvalue weighted by Gasteiger charge is 2.26. The molecule has 0 aliphatic carbocycles. The van der Waals surface area contributed by atoms with Gasteiger partial charge < -0.3 is 9.80 Å². The van der Waals surface area contributed by atoms with Crippen LogP contribution >= 0.6 is 0 Å². The summed E-state index contributed by atoms with van der Waals surface area (Å²) in [6.45, 7) is 8.25. The van der Waals surface area contributed by atoms with Gasteiger partial charge in [-0.3, -0.25) is 9.59 Å². The van der Waals surface area contributed by atoms with Gasteiger partial charge in [0.05, 0.1) is 0 Å². The maximum atomic E-state index is 13.3. The lowest BCUT2D eigenvalue weighted by molar-refractivity contribution is 0.0535. The van der Waals surface area contributed by atoms with Crippen LogP contribution in [0.1, 0.15) is 47.1 Å². The molecular formula is C22H25FN2O2. The largest absolute Gasteiger partial charge is 0.335 e. The highest BCUT2D eigenvalue weighted by molar-refractivity contribution is 5.96. The summed E-state index contributed by atoms with van der Waals surface area (Å²) in [6.07, 6.45) is 0. The van der Waals surface area contributed by atoms with E-state index in [9.17, 15) is 14.0 Å². The van der Waals surface area contributed by atoms with Crippen molar-refractivity contribution in [3.05, 3.63) is 71.0 Å². The van der Waals surface area contributed by atoms with E-state index >= 15 is 0 Å². The number of carbonyl (C=O) groups is 2. The number of rotatable bonds is 2. The second-order valence-electron chi connectivity index (χ2n) is 7.92. The van der Waals surface area contributed by atoms with Crippen molar-refractivity contribution in [3.63, 3.8) is 0 Å². The Morgan fingerprint density at radius 2 is 1.33 bits per heavy atom. The highest BCUT2D eigenvalue weighted by atomic mass is 19.1. The molecule has 0 spiro atoms. The van der Waals surface area contributed by atoms with E-state index in [0.29, 0.717) is 37.3 Å². The van der Waals surface area contributed by atoms with Gasteiger partial charge in [-0.1, -0.05) is 39.0 Å². The minimum Gasteiger partial charge on any atom is -0.335 e. The zero-order valence-electron chi connectivity index (χ0n) is 16.0. The molecule has 1 saturated heterocycles. The van der Waals surface area contributed by atoms with Gasteiger partial charge in [-0.05, 0) is 41.3 Å². The smallest absolute Gasteiger partial charge is 0.254 e. The number of amides is 2. The van der Waals surface area contributed by atoms with Gasteiger partial charge in [0.15, 0.2) is 0 Å². The molecule has 2 aromatic rings. The molecule has 3 rings (SSSR count). The second-order valence-corrected chi connectivity index (χ2v) is 7.92. The Labute approximate surface area is 159 Å². The van der Waals surface area contributed by atoms with Crippen LogP contribution in [0.15, 0.2) is 48.5 Å². The number of nitrogens with zero attached hydrogens (tertiary/aromatic N) is 2. The maximum absolute atomic E-state index is 13.3. The van der Waals surface area contributed by atoms with Crippen molar-refractivity contribution in [2.45, 2.75) is 26.2 Å². The average molecular weight is 368 g/mol. The van der Waals surface area contributed by atoms with Crippen LogP contribution in [0.25, 0.3) is 0 Å². The molecule has 0 N–H and O–H groups in total. The minimum absolute atomic E-state index is 0.0201. The predicted octanol–water partition coefficient (Wildman–Crippen LogP) is 3.72. The van der Waals surface area contributed by atoms with Crippen molar-refractivity contribution in [2.24, 2.45) is 0 Å². The van der Waals surface area contributed by atoms with Gasteiger partial charge in [-0.25, -0.2) is 4.39 Å². The molecule has 4 nitrogen and oxygen atoms in total. The second kappa shape index (κ2) is 7.51. The monoisotopic (exact) mass is 368 g/mol. The Hall–Kier alpha value is -2.69. The Morgan fingerprint density at radius 3 is 1.81 bits per heavy atom. The SMILES string of the molecule is CC(C)(C)c1ccc(C(=O)N2CCN(C(=O)c3cccc(F)c3)CC2)cc1. The molecule has 0 atom stereocenters. The van der Waals surface area contributed by atoms with Crippen LogP contribution in [0, 0.1) is 5.82 Å². The Balaban J connectivity index is 1.61. The number of halogens is 1. The van der Waals surface area contributed by atoms with Gasteiger partial charge in [-0.2, -0.15) is 0 Å². The van der Waals surface area contributed by atoms with E-state index in [-0.39, 0.29) is 17.2 Å². The summed E-state index contributed by atoms with van der Waals surface area (Å²) >= 11 is 0. The van der Waals surface area contributed by atoms with Gasteiger partial charge in [0.25, 0.3) is 11.8 Å². The summed E-state index contributed by atoms with van der Waals surface area (Å²) in [6, 6.07) is 13.4. The van der Waals surface area contributed by atoms with E-state index in [0.717, 1.165) is 0 Å². The molecule has 0 saturated carbocycles. The maximum Gasteiger partial charge on any atom is 0.254 e. The summed E-state index contributed by atoms with van der Waals surface area (Å²) < 4.78 is 13.3. The van der Waals surface area contributed by atoms with Crippen molar-refractivity contribution < 1.29 is 14.0 Å². The minimum atomic E-state index is -0.423. The first-order valence-corrected chi connectivity index (χ1v) is 9.20. The Morgan fingerprint density at radius 1 is 0.815 bits per heavy atom. The molecule has 1 heterocycles. The van der Waals surface area contributed by atoms with E-state index in [1.54, 1.807) is 15.9 Å². The first-order valence-electron chi connectivity index (χ1n) is 9.20. The molecule has 142 valence electrons. The van der Waals surface area contributed by atoms with Gasteiger partial charge in [0, 0.05) is 37.3 Å². The summed E-state index contributed by atoms with van der Waals surface area (Å²) in [5.74, 6) is -0.641. The highest BCUT2D eigenvalue weighted by Crippen LogP contribution is 2.22. The van der Waals surface area contributed by atoms with E-state index in [1.165, 1.54) is 23.8 Å². The lowest BCUT2D eigenvalue weighted by Crippen LogP contribution is -2.50. The number of piperazine rings is 1. The molecule has 2 amide bonds. The lowest BCUT2D eigenvalue weighted by Gasteiger charge is -2.35. The van der Waals surface area contributed by atoms with Gasteiger partial charge >= 0.3 is 0 Å². The molecule has 27 heavy (non-hydrogen) atoms. The molecule has 0 aromatic heterocycles. The van der Waals surface area contributed by atoms with Gasteiger partial charge in [-0.15, -0.1) is 0 Å². The van der Waals surface area contributed by atoms with Gasteiger partial charge in [0.1, 0.15) is 5.82 Å². The van der Waals surface area contributed by atoms with E-state index in [4.69, 9.17) is 0 Å². The Kier molecular flexibility index (Phi) is 5.31. The molecule has 1 fully saturated rings. The van der Waals surface area contributed by atoms with Crippen LogP contribution in [0.5, 0.6) is 0 Å². The molecule has 5 heteroatoms. The third-order valence-corrected chi connectivity index (χ3v) is 4.92. The molecular weight excluding hydrogens is 343 g/mol. The number of hydrogen-bond donors (Lipinski definition) is 0. The number of carbonyl (C=O) groups excluding carboxylic acids is 2. The Bertz CT molecular complexity index is 832. The molecule has 0 unspecified atom stereocenters. The van der Waals surface area contributed by atoms with Crippen LogP contribution in [0.4, 0.5) is 4.39 Å². The third-order valence-electron chi connectivity index (χ3n) is 4.92. The zero-order valence-corrected chi connectivity index (χ0v) is 16.0. The standard InChI is InChI=1S/C22H25FN2O2/c1-22(2,3)18-9-7-16(8-10-18)20(26)24-11-13-25(14-12-24)21(27)17-5-4-6-19(23)15-17/h4-10,15H,11-14H2,1-3H3. The fraction of sp³-hybridized carbons (Fsp3) is 0.364. The first kappa shape index (κ1) is 19.1. The lowest BCUT2D eigenvalue weighted by atomic mass is 9.86. The quantitative estimate of drug-likeness (QED) is 0.811. The van der Waals surface area contributed by atoms with Crippen LogP contribution in [0.2, 0.25) is 0 Å². The molecule has 0 bridgehead atoms. The summed E-state index contributed by atoms with van der Waals surface area (Å²) in [5, 5.41) is 0. The summed E-state index contributed by atoms with van der Waals surface area (Å²) in [4.78, 5) is 28.6. The van der Waals surface area contributed by atoms with Crippen LogP contribution < -0.4 is 0 Å². The third kappa shape index (κ3) is 4.35. The summed E-state index contributed by atoms with van der Waals surface area (Å²) in [7, 11) is 0. The van der Waals surface area contributed by atoms with Crippen molar-refractivity contribution in [3.8, 4) is 0 Å². The number of benzene rings is 2. The topological polar surface area (TPSA) is 40.6 Å². The predicted molar refractivity (Wildman–Crippen MR) is 103 cm³/mol. The fourth-order valence-electron chi connectivity index (χ4n) is 3.21. The fourth-order valence-corrected chi connectivity index (χ4v) is 3.21. The van der Waals surface area contributed by atoms with Crippen LogP contribution in [-0.4, -0.2) is 47.8 Å². The van der Waals surface area contributed by atoms with Crippen molar-refractivity contribution in [2.75, 3.05) is 26.2 Å². The molecule has 1 aliphatic heterocycles. The van der Waals surface area contributed by atoms with Crippen LogP contribution in [-0.2, 0) is 5.41 Å². The first-order chi connectivity index (χ1) is 12.8. The van der Waals surface area contributed by atoms with Crippen LogP contribution in [0.3, 0.4) is 0 Å². The van der Waals surface area contributed by atoms with E-state index in [2.05, 4.69) is 20.8 Å². The van der Waals surface area contributed by atoms with Gasteiger partial charge in [0.2, 0.25) is 0 Å². The normalized spacial score (nSPS) is 15.0. The average Bonchev–Trinajstić information content (AvgIpc) is 2.66. The van der Waals surface area contributed by atoms with E-state index in [1.807, 2.05) is 24.3 Å².